The molecule has 0 unspecified atom stereocenters. The first-order valence-corrected chi connectivity index (χ1v) is 4.51. The number of pyridine rings is 1. The molecule has 13 heavy (non-hydrogen) atoms. The van der Waals surface area contributed by atoms with Crippen molar-refractivity contribution in [2.75, 3.05) is 14.1 Å². The van der Waals surface area contributed by atoms with Gasteiger partial charge in [0.25, 0.3) is 0 Å². The van der Waals surface area contributed by atoms with Crippen molar-refractivity contribution in [3.63, 3.8) is 0 Å². The van der Waals surface area contributed by atoms with Gasteiger partial charge in [-0.1, -0.05) is 0 Å². The first-order chi connectivity index (χ1) is 6.02. The fourth-order valence-electron chi connectivity index (χ4n) is 1.37. The first-order valence-electron chi connectivity index (χ1n) is 4.51. The predicted octanol–water partition coefficient (Wildman–Crippen LogP) is -0.532. The maximum atomic E-state index is 9.66. The second kappa shape index (κ2) is 3.75. The molecule has 0 atom stereocenters. The molecule has 3 heteroatoms. The van der Waals surface area contributed by atoms with Gasteiger partial charge in [0.05, 0.1) is 19.7 Å². The normalized spacial score (nSPS) is 10.8. The number of H-pyrrole nitrogens is 1. The van der Waals surface area contributed by atoms with Gasteiger partial charge in [0, 0.05) is 12.5 Å². The van der Waals surface area contributed by atoms with E-state index in [1.807, 2.05) is 20.0 Å². The molecule has 0 aliphatic heterocycles. The molecule has 0 bridgehead atoms. The quantitative estimate of drug-likeness (QED) is 0.634. The Kier molecular flexibility index (Phi) is 2.88. The minimum Gasteiger partial charge on any atom is -0.502 e. The molecule has 0 aliphatic rings. The lowest BCUT2D eigenvalue weighted by atomic mass is 10.1. The summed E-state index contributed by atoms with van der Waals surface area (Å²) in [6.45, 7) is 4.75. The van der Waals surface area contributed by atoms with Crippen molar-refractivity contribution >= 4 is 0 Å². The Labute approximate surface area is 79.0 Å². The van der Waals surface area contributed by atoms with E-state index in [1.54, 1.807) is 0 Å². The molecule has 72 valence electrons. The van der Waals surface area contributed by atoms with Gasteiger partial charge in [-0.2, -0.15) is 0 Å². The molecule has 0 amide bonds. The summed E-state index contributed by atoms with van der Waals surface area (Å²) in [6.07, 6.45) is 1.97. The maximum Gasteiger partial charge on any atom is 0.218 e. The standard InChI is InChI=1S/C10H16N2O/c1-7-9(6-12(3)4)5-11-8(2)10(7)13/h5,13H,6H2,1-4H3/p+2. The molecule has 0 aromatic carbocycles. The minimum atomic E-state index is 0.388. The summed E-state index contributed by atoms with van der Waals surface area (Å²) in [5, 5.41) is 9.66. The molecular weight excluding hydrogens is 164 g/mol. The van der Waals surface area contributed by atoms with Crippen LogP contribution in [0.4, 0.5) is 0 Å². The van der Waals surface area contributed by atoms with Gasteiger partial charge in [-0.25, -0.2) is 4.98 Å². The number of aryl methyl sites for hydroxylation is 1. The average molecular weight is 182 g/mol. The maximum absolute atomic E-state index is 9.66. The molecule has 0 radical (unpaired) electrons. The molecule has 0 aliphatic carbocycles. The highest BCUT2D eigenvalue weighted by atomic mass is 16.3. The summed E-state index contributed by atoms with van der Waals surface area (Å²) in [4.78, 5) is 4.40. The minimum absolute atomic E-state index is 0.388. The van der Waals surface area contributed by atoms with Gasteiger partial charge >= 0.3 is 0 Å². The number of aromatic hydroxyl groups is 1. The molecule has 0 spiro atoms. The Morgan fingerprint density at radius 3 is 2.54 bits per heavy atom. The molecule has 1 aromatic rings. The highest BCUT2D eigenvalue weighted by Crippen LogP contribution is 2.19. The van der Waals surface area contributed by atoms with E-state index < -0.39 is 0 Å². The molecule has 1 heterocycles. The second-order valence-electron chi connectivity index (χ2n) is 3.80. The van der Waals surface area contributed by atoms with Crippen LogP contribution in [0.1, 0.15) is 16.8 Å². The van der Waals surface area contributed by atoms with Crippen LogP contribution in [-0.4, -0.2) is 19.2 Å². The molecule has 0 saturated carbocycles. The monoisotopic (exact) mass is 182 g/mol. The van der Waals surface area contributed by atoms with Crippen molar-refractivity contribution in [2.45, 2.75) is 20.4 Å². The van der Waals surface area contributed by atoms with Gasteiger partial charge in [-0.05, 0) is 6.92 Å². The Morgan fingerprint density at radius 1 is 1.38 bits per heavy atom. The number of rotatable bonds is 2. The van der Waals surface area contributed by atoms with Crippen molar-refractivity contribution in [3.05, 3.63) is 23.0 Å². The van der Waals surface area contributed by atoms with E-state index in [0.717, 1.165) is 17.8 Å². The highest BCUT2D eigenvalue weighted by molar-refractivity contribution is 5.36. The summed E-state index contributed by atoms with van der Waals surface area (Å²) in [6, 6.07) is 0. The molecule has 0 saturated heterocycles. The van der Waals surface area contributed by atoms with E-state index in [9.17, 15) is 5.11 Å². The third-order valence-corrected chi connectivity index (χ3v) is 2.20. The van der Waals surface area contributed by atoms with Crippen molar-refractivity contribution in [1.82, 2.24) is 0 Å². The van der Waals surface area contributed by atoms with Crippen LogP contribution in [0.3, 0.4) is 0 Å². The number of quaternary nitrogens is 1. The van der Waals surface area contributed by atoms with Crippen molar-refractivity contribution in [3.8, 4) is 5.75 Å². The van der Waals surface area contributed by atoms with Crippen molar-refractivity contribution in [2.24, 2.45) is 0 Å². The number of nitrogens with one attached hydrogen (secondary N) is 2. The summed E-state index contributed by atoms with van der Waals surface area (Å²) in [5.41, 5.74) is 2.98. The van der Waals surface area contributed by atoms with E-state index in [-0.39, 0.29) is 0 Å². The van der Waals surface area contributed by atoms with Crippen LogP contribution in [0.2, 0.25) is 0 Å². The Bertz CT molecular complexity index is 308. The number of hydrogen-bond acceptors (Lipinski definition) is 1. The van der Waals surface area contributed by atoms with Crippen LogP contribution in [0.5, 0.6) is 5.75 Å². The van der Waals surface area contributed by atoms with Crippen molar-refractivity contribution < 1.29 is 15.0 Å². The molecular formula is C10H18N2O+2. The van der Waals surface area contributed by atoms with Gasteiger partial charge in [0.2, 0.25) is 5.69 Å². The zero-order valence-corrected chi connectivity index (χ0v) is 8.73. The Hall–Kier alpha value is -1.09. The summed E-state index contributed by atoms with van der Waals surface area (Å²) in [5.74, 6) is 0.388. The van der Waals surface area contributed by atoms with Crippen LogP contribution < -0.4 is 9.88 Å². The van der Waals surface area contributed by atoms with Gasteiger partial charge in [0.1, 0.15) is 6.54 Å². The lowest BCUT2D eigenvalue weighted by molar-refractivity contribution is -0.873. The molecule has 1 rings (SSSR count). The topological polar surface area (TPSA) is 38.8 Å². The molecule has 1 aromatic heterocycles. The lowest BCUT2D eigenvalue weighted by Gasteiger charge is -2.08. The van der Waals surface area contributed by atoms with Crippen LogP contribution in [0.15, 0.2) is 6.20 Å². The third-order valence-electron chi connectivity index (χ3n) is 2.20. The van der Waals surface area contributed by atoms with Crippen molar-refractivity contribution in [1.29, 1.82) is 0 Å². The average Bonchev–Trinajstić information content (AvgIpc) is 2.06. The lowest BCUT2D eigenvalue weighted by Crippen LogP contribution is -3.04. The smallest absolute Gasteiger partial charge is 0.218 e. The number of hydrogen-bond donors (Lipinski definition) is 2. The van der Waals surface area contributed by atoms with Gasteiger partial charge in [0.15, 0.2) is 11.9 Å². The molecule has 3 N–H and O–H groups in total. The predicted molar refractivity (Wildman–Crippen MR) is 50.7 cm³/mol. The SMILES string of the molecule is Cc1[nH+]cc(C[NH+](C)C)c(C)c1O. The molecule has 3 nitrogen and oxygen atoms in total. The summed E-state index contributed by atoms with van der Waals surface area (Å²) < 4.78 is 0. The van der Waals surface area contributed by atoms with E-state index >= 15 is 0 Å². The number of aromatic amines is 1. The fourth-order valence-corrected chi connectivity index (χ4v) is 1.37. The fraction of sp³-hybridized carbons (Fsp3) is 0.500. The highest BCUT2D eigenvalue weighted by Gasteiger charge is 2.13. The van der Waals surface area contributed by atoms with E-state index in [0.29, 0.717) is 5.75 Å². The van der Waals surface area contributed by atoms with Crippen LogP contribution in [0.25, 0.3) is 0 Å². The van der Waals surface area contributed by atoms with E-state index in [1.165, 1.54) is 10.5 Å². The van der Waals surface area contributed by atoms with E-state index in [2.05, 4.69) is 19.1 Å². The van der Waals surface area contributed by atoms with Crippen LogP contribution in [0, 0.1) is 13.8 Å². The van der Waals surface area contributed by atoms with Gasteiger partial charge in [-0.15, -0.1) is 0 Å². The van der Waals surface area contributed by atoms with E-state index in [4.69, 9.17) is 0 Å². The zero-order chi connectivity index (χ0) is 10.0. The number of aromatic nitrogens is 1. The Balaban J connectivity index is 3.04. The third kappa shape index (κ3) is 2.18. The first kappa shape index (κ1) is 9.99. The Morgan fingerprint density at radius 2 is 2.00 bits per heavy atom. The summed E-state index contributed by atoms with van der Waals surface area (Å²) in [7, 11) is 4.19. The van der Waals surface area contributed by atoms with Gasteiger partial charge < -0.3 is 10.0 Å². The van der Waals surface area contributed by atoms with Crippen LogP contribution in [-0.2, 0) is 6.54 Å². The van der Waals surface area contributed by atoms with Gasteiger partial charge in [-0.3, -0.25) is 0 Å². The van der Waals surface area contributed by atoms with Crippen LogP contribution >= 0.6 is 0 Å². The second-order valence-corrected chi connectivity index (χ2v) is 3.80. The molecule has 0 fully saturated rings. The summed E-state index contributed by atoms with van der Waals surface area (Å²) >= 11 is 0. The largest absolute Gasteiger partial charge is 0.502 e. The zero-order valence-electron chi connectivity index (χ0n) is 8.73.